The SMILES string of the molecule is COC(=O)c1ccc2c(oc3ccccc32)c1-c1cccc2c1oc1ccc(F)cc12. The molecule has 0 saturated heterocycles. The van der Waals surface area contributed by atoms with Crippen LogP contribution in [0.2, 0.25) is 0 Å². The Balaban J connectivity index is 1.79. The van der Waals surface area contributed by atoms with Gasteiger partial charge in [-0.3, -0.25) is 0 Å². The van der Waals surface area contributed by atoms with Crippen molar-refractivity contribution in [2.45, 2.75) is 0 Å². The van der Waals surface area contributed by atoms with Crippen LogP contribution in [0.15, 0.2) is 81.6 Å². The summed E-state index contributed by atoms with van der Waals surface area (Å²) in [5, 5.41) is 3.27. The van der Waals surface area contributed by atoms with E-state index in [1.807, 2.05) is 48.5 Å². The van der Waals surface area contributed by atoms with E-state index in [9.17, 15) is 9.18 Å². The number of halogens is 1. The Morgan fingerprint density at radius 2 is 1.52 bits per heavy atom. The minimum absolute atomic E-state index is 0.338. The molecule has 4 nitrogen and oxygen atoms in total. The zero-order valence-electron chi connectivity index (χ0n) is 16.4. The summed E-state index contributed by atoms with van der Waals surface area (Å²) in [5.74, 6) is -0.813. The van der Waals surface area contributed by atoms with E-state index in [2.05, 4.69) is 0 Å². The average Bonchev–Trinajstić information content (AvgIpc) is 3.36. The second kappa shape index (κ2) is 6.44. The molecule has 0 amide bonds. The molecular formula is C26H15FO4. The van der Waals surface area contributed by atoms with Crippen LogP contribution in [-0.4, -0.2) is 13.1 Å². The maximum Gasteiger partial charge on any atom is 0.338 e. The number of carbonyl (C=O) groups is 1. The molecule has 0 bridgehead atoms. The van der Waals surface area contributed by atoms with Crippen molar-refractivity contribution in [3.05, 3.63) is 84.2 Å². The molecule has 0 N–H and O–H groups in total. The van der Waals surface area contributed by atoms with Crippen molar-refractivity contribution in [2.75, 3.05) is 7.11 Å². The summed E-state index contributed by atoms with van der Waals surface area (Å²) in [6.45, 7) is 0. The fourth-order valence-electron chi connectivity index (χ4n) is 4.30. The summed E-state index contributed by atoms with van der Waals surface area (Å²) >= 11 is 0. The molecule has 0 unspecified atom stereocenters. The van der Waals surface area contributed by atoms with Crippen LogP contribution in [0, 0.1) is 5.82 Å². The Morgan fingerprint density at radius 1 is 0.774 bits per heavy atom. The van der Waals surface area contributed by atoms with Crippen molar-refractivity contribution >= 4 is 49.8 Å². The van der Waals surface area contributed by atoms with Crippen molar-refractivity contribution in [1.29, 1.82) is 0 Å². The van der Waals surface area contributed by atoms with Crippen molar-refractivity contribution in [3.63, 3.8) is 0 Å². The normalized spacial score (nSPS) is 11.7. The van der Waals surface area contributed by atoms with E-state index < -0.39 is 5.97 Å². The number of para-hydroxylation sites is 2. The van der Waals surface area contributed by atoms with E-state index in [1.54, 1.807) is 12.1 Å². The first kappa shape index (κ1) is 17.7. The summed E-state index contributed by atoms with van der Waals surface area (Å²) in [5.41, 5.74) is 4.06. The Bertz CT molecular complexity index is 1650. The van der Waals surface area contributed by atoms with Gasteiger partial charge in [0, 0.05) is 32.7 Å². The van der Waals surface area contributed by atoms with Crippen LogP contribution < -0.4 is 0 Å². The molecule has 6 aromatic rings. The Labute approximate surface area is 175 Å². The van der Waals surface area contributed by atoms with Gasteiger partial charge in [0.05, 0.1) is 12.7 Å². The number of methoxy groups -OCH3 is 1. The van der Waals surface area contributed by atoms with Crippen molar-refractivity contribution in [1.82, 2.24) is 0 Å². The number of hydrogen-bond donors (Lipinski definition) is 0. The number of hydrogen-bond acceptors (Lipinski definition) is 4. The molecule has 6 rings (SSSR count). The molecule has 0 aliphatic rings. The molecule has 2 heterocycles. The lowest BCUT2D eigenvalue weighted by Crippen LogP contribution is -2.03. The zero-order valence-corrected chi connectivity index (χ0v) is 16.4. The van der Waals surface area contributed by atoms with Gasteiger partial charge in [0.15, 0.2) is 0 Å². The van der Waals surface area contributed by atoms with Gasteiger partial charge < -0.3 is 13.6 Å². The summed E-state index contributed by atoms with van der Waals surface area (Å²) in [6, 6.07) is 21.4. The number of benzene rings is 4. The number of carbonyl (C=O) groups excluding carboxylic acids is 1. The predicted molar refractivity (Wildman–Crippen MR) is 118 cm³/mol. The fourth-order valence-corrected chi connectivity index (χ4v) is 4.30. The number of fused-ring (bicyclic) bond motifs is 6. The molecule has 0 saturated carbocycles. The quantitative estimate of drug-likeness (QED) is 0.286. The largest absolute Gasteiger partial charge is 0.465 e. The summed E-state index contributed by atoms with van der Waals surface area (Å²) in [7, 11) is 1.35. The lowest BCUT2D eigenvalue weighted by atomic mass is 9.95. The van der Waals surface area contributed by atoms with Gasteiger partial charge in [0.2, 0.25) is 0 Å². The third-order valence-electron chi connectivity index (χ3n) is 5.68. The average molecular weight is 410 g/mol. The Hall–Kier alpha value is -4.12. The first-order valence-corrected chi connectivity index (χ1v) is 9.79. The second-order valence-electron chi connectivity index (χ2n) is 7.38. The molecule has 0 radical (unpaired) electrons. The summed E-state index contributed by atoms with van der Waals surface area (Å²) < 4.78 is 31.3. The molecule has 0 aliphatic heterocycles. The smallest absolute Gasteiger partial charge is 0.338 e. The highest BCUT2D eigenvalue weighted by molar-refractivity contribution is 6.18. The number of esters is 1. The van der Waals surface area contributed by atoms with Crippen LogP contribution in [0.25, 0.3) is 55.0 Å². The topological polar surface area (TPSA) is 52.6 Å². The van der Waals surface area contributed by atoms with Crippen LogP contribution in [0.4, 0.5) is 4.39 Å². The Morgan fingerprint density at radius 3 is 2.39 bits per heavy atom. The third-order valence-corrected chi connectivity index (χ3v) is 5.68. The maximum atomic E-state index is 13.9. The molecule has 5 heteroatoms. The summed E-state index contributed by atoms with van der Waals surface area (Å²) in [4.78, 5) is 12.7. The first-order valence-electron chi connectivity index (χ1n) is 9.79. The van der Waals surface area contributed by atoms with Gasteiger partial charge in [-0.2, -0.15) is 0 Å². The third kappa shape index (κ3) is 2.50. The van der Waals surface area contributed by atoms with E-state index in [1.165, 1.54) is 19.2 Å². The van der Waals surface area contributed by atoms with E-state index in [4.69, 9.17) is 13.6 Å². The molecule has 0 spiro atoms. The van der Waals surface area contributed by atoms with Gasteiger partial charge in [-0.15, -0.1) is 0 Å². The van der Waals surface area contributed by atoms with Crippen LogP contribution in [0.1, 0.15) is 10.4 Å². The van der Waals surface area contributed by atoms with Gasteiger partial charge in [-0.1, -0.05) is 36.4 Å². The number of ether oxygens (including phenoxy) is 1. The van der Waals surface area contributed by atoms with E-state index in [0.717, 1.165) is 21.7 Å². The van der Waals surface area contributed by atoms with E-state index >= 15 is 0 Å². The Kier molecular flexibility index (Phi) is 3.68. The minimum Gasteiger partial charge on any atom is -0.465 e. The van der Waals surface area contributed by atoms with Gasteiger partial charge >= 0.3 is 5.97 Å². The molecule has 2 aromatic heterocycles. The van der Waals surface area contributed by atoms with Gasteiger partial charge in [-0.05, 0) is 36.4 Å². The van der Waals surface area contributed by atoms with Gasteiger partial charge in [0.25, 0.3) is 0 Å². The second-order valence-corrected chi connectivity index (χ2v) is 7.38. The highest BCUT2D eigenvalue weighted by atomic mass is 19.1. The van der Waals surface area contributed by atoms with Crippen LogP contribution >= 0.6 is 0 Å². The minimum atomic E-state index is -0.475. The van der Waals surface area contributed by atoms with Crippen molar-refractivity contribution < 1.29 is 22.8 Å². The summed E-state index contributed by atoms with van der Waals surface area (Å²) in [6.07, 6.45) is 0. The van der Waals surface area contributed by atoms with Gasteiger partial charge in [0.1, 0.15) is 28.1 Å². The molecule has 0 atom stereocenters. The highest BCUT2D eigenvalue weighted by Crippen LogP contribution is 2.42. The molecule has 0 fully saturated rings. The first-order chi connectivity index (χ1) is 15.2. The fraction of sp³-hybridized carbons (Fsp3) is 0.0385. The molecule has 150 valence electrons. The molecule has 31 heavy (non-hydrogen) atoms. The van der Waals surface area contributed by atoms with E-state index in [-0.39, 0.29) is 5.82 Å². The lowest BCUT2D eigenvalue weighted by Gasteiger charge is -2.09. The van der Waals surface area contributed by atoms with E-state index in [0.29, 0.717) is 38.8 Å². The lowest BCUT2D eigenvalue weighted by molar-refractivity contribution is 0.0601. The maximum absolute atomic E-state index is 13.9. The highest BCUT2D eigenvalue weighted by Gasteiger charge is 2.24. The van der Waals surface area contributed by atoms with Crippen LogP contribution in [0.3, 0.4) is 0 Å². The predicted octanol–water partition coefficient (Wildman–Crippen LogP) is 7.08. The molecular weight excluding hydrogens is 395 g/mol. The standard InChI is InChI=1S/C26H15FO4/c1-29-26(28)19-11-10-17-15-5-2-3-8-21(15)31-25(17)23(19)18-7-4-6-16-20-13-14(27)9-12-22(20)30-24(16)18/h2-13H,1H3. The van der Waals surface area contributed by atoms with Crippen LogP contribution in [-0.2, 0) is 4.74 Å². The van der Waals surface area contributed by atoms with Crippen LogP contribution in [0.5, 0.6) is 0 Å². The van der Waals surface area contributed by atoms with Crippen molar-refractivity contribution in [3.8, 4) is 11.1 Å². The monoisotopic (exact) mass is 410 g/mol. The number of furan rings is 2. The number of rotatable bonds is 2. The zero-order chi connectivity index (χ0) is 21.1. The molecule has 4 aromatic carbocycles. The molecule has 0 aliphatic carbocycles. The van der Waals surface area contributed by atoms with Crippen molar-refractivity contribution in [2.24, 2.45) is 0 Å². The van der Waals surface area contributed by atoms with Gasteiger partial charge in [-0.25, -0.2) is 9.18 Å².